The van der Waals surface area contributed by atoms with Gasteiger partial charge in [-0.1, -0.05) is 18.2 Å². The Morgan fingerprint density at radius 2 is 1.73 bits per heavy atom. The molecule has 0 amide bonds. The number of benzene rings is 2. The van der Waals surface area contributed by atoms with Crippen LogP contribution in [0, 0.1) is 10.1 Å². The molecular weight excluding hydrogens is 324 g/mol. The average Bonchev–Trinajstić information content (AvgIpc) is 3.05. The van der Waals surface area contributed by atoms with E-state index in [1.54, 1.807) is 12.1 Å². The quantitative estimate of drug-likeness (QED) is 0.483. The zero-order valence-corrected chi connectivity index (χ0v) is 14.3. The second-order valence-corrected chi connectivity index (χ2v) is 6.98. The molecule has 0 unspecified atom stereocenters. The Balaban J connectivity index is 1.81. The number of hydrogen-bond acceptors (Lipinski definition) is 2. The lowest BCUT2D eigenvalue weighted by atomic mass is 9.80. The van der Waals surface area contributed by atoms with E-state index in [-0.39, 0.29) is 10.6 Å². The SMILES string of the molecule is O=[N+]([O-])c1ccc(C2=C3CCCc4cccc(c43)Cn3cccc32)cc1. The third-order valence-electron chi connectivity index (χ3n) is 5.51. The summed E-state index contributed by atoms with van der Waals surface area (Å²) in [4.78, 5) is 10.7. The van der Waals surface area contributed by atoms with Crippen molar-refractivity contribution in [2.45, 2.75) is 25.8 Å². The second kappa shape index (κ2) is 5.70. The summed E-state index contributed by atoms with van der Waals surface area (Å²) in [5, 5.41) is 11.0. The van der Waals surface area contributed by atoms with Gasteiger partial charge in [0, 0.05) is 36.1 Å². The molecule has 0 spiro atoms. The molecule has 1 aromatic heterocycles. The number of rotatable bonds is 2. The molecular formula is C22H18N2O2. The van der Waals surface area contributed by atoms with Gasteiger partial charge in [-0.2, -0.15) is 0 Å². The van der Waals surface area contributed by atoms with Crippen molar-refractivity contribution in [1.29, 1.82) is 0 Å². The van der Waals surface area contributed by atoms with E-state index in [9.17, 15) is 10.1 Å². The first-order chi connectivity index (χ1) is 12.7. The molecule has 5 rings (SSSR count). The minimum absolute atomic E-state index is 0.132. The molecule has 3 aromatic rings. The first kappa shape index (κ1) is 15.1. The number of non-ortho nitro benzene ring substituents is 1. The van der Waals surface area contributed by atoms with Crippen LogP contribution in [0.2, 0.25) is 0 Å². The summed E-state index contributed by atoms with van der Waals surface area (Å²) in [5.74, 6) is 0. The van der Waals surface area contributed by atoms with Crippen LogP contribution in [0.15, 0.2) is 60.8 Å². The number of hydrogen-bond donors (Lipinski definition) is 0. The van der Waals surface area contributed by atoms with Crippen LogP contribution in [0.3, 0.4) is 0 Å². The van der Waals surface area contributed by atoms with Crippen molar-refractivity contribution >= 4 is 16.8 Å². The Labute approximate surface area is 151 Å². The summed E-state index contributed by atoms with van der Waals surface area (Å²) in [6.07, 6.45) is 5.43. The Kier molecular flexibility index (Phi) is 3.32. The molecule has 4 heteroatoms. The second-order valence-electron chi connectivity index (χ2n) is 6.98. The summed E-state index contributed by atoms with van der Waals surface area (Å²) >= 11 is 0. The Hall–Kier alpha value is -3.14. The van der Waals surface area contributed by atoms with Gasteiger partial charge in [-0.3, -0.25) is 10.1 Å². The number of aryl methyl sites for hydroxylation is 1. The first-order valence-corrected chi connectivity index (χ1v) is 8.97. The molecule has 128 valence electrons. The third kappa shape index (κ3) is 2.22. The number of allylic oxidation sites excluding steroid dienone is 1. The van der Waals surface area contributed by atoms with Crippen molar-refractivity contribution in [2.75, 3.05) is 0 Å². The van der Waals surface area contributed by atoms with Crippen molar-refractivity contribution in [1.82, 2.24) is 4.57 Å². The van der Waals surface area contributed by atoms with Gasteiger partial charge in [-0.05, 0) is 71.4 Å². The predicted octanol–water partition coefficient (Wildman–Crippen LogP) is 5.05. The molecule has 1 aliphatic carbocycles. The highest BCUT2D eigenvalue weighted by molar-refractivity contribution is 6.00. The summed E-state index contributed by atoms with van der Waals surface area (Å²) in [6, 6.07) is 17.9. The highest BCUT2D eigenvalue weighted by Crippen LogP contribution is 2.43. The van der Waals surface area contributed by atoms with E-state index in [0.29, 0.717) is 0 Å². The lowest BCUT2D eigenvalue weighted by Gasteiger charge is -2.23. The third-order valence-corrected chi connectivity index (χ3v) is 5.51. The van der Waals surface area contributed by atoms with E-state index in [2.05, 4.69) is 41.1 Å². The fourth-order valence-corrected chi connectivity index (χ4v) is 4.40. The maximum atomic E-state index is 11.0. The van der Waals surface area contributed by atoms with Crippen LogP contribution in [-0.4, -0.2) is 9.49 Å². The molecule has 2 aromatic carbocycles. The number of nitrogens with zero attached hydrogens (tertiary/aromatic N) is 2. The van der Waals surface area contributed by atoms with Crippen molar-refractivity contribution in [3.05, 3.63) is 98.9 Å². The minimum Gasteiger partial charge on any atom is -0.343 e. The molecule has 26 heavy (non-hydrogen) atoms. The van der Waals surface area contributed by atoms with E-state index in [0.717, 1.165) is 31.4 Å². The van der Waals surface area contributed by atoms with Gasteiger partial charge in [-0.15, -0.1) is 0 Å². The number of fused-ring (bicyclic) bond motifs is 1. The minimum atomic E-state index is -0.342. The molecule has 2 aliphatic rings. The Morgan fingerprint density at radius 3 is 2.54 bits per heavy atom. The number of aromatic nitrogens is 1. The molecule has 0 radical (unpaired) electrons. The van der Waals surface area contributed by atoms with Gasteiger partial charge in [0.25, 0.3) is 5.69 Å². The van der Waals surface area contributed by atoms with Crippen LogP contribution in [0.1, 0.15) is 40.8 Å². The summed E-state index contributed by atoms with van der Waals surface area (Å²) in [5.41, 5.74) is 9.17. The molecule has 2 heterocycles. The number of nitro groups is 1. The lowest BCUT2D eigenvalue weighted by molar-refractivity contribution is -0.384. The maximum absolute atomic E-state index is 11.0. The Morgan fingerprint density at radius 1 is 0.923 bits per heavy atom. The van der Waals surface area contributed by atoms with Crippen LogP contribution in [0.5, 0.6) is 0 Å². The average molecular weight is 342 g/mol. The van der Waals surface area contributed by atoms with Crippen molar-refractivity contribution in [3.63, 3.8) is 0 Å². The van der Waals surface area contributed by atoms with Gasteiger partial charge < -0.3 is 4.57 Å². The molecule has 1 aliphatic heterocycles. The van der Waals surface area contributed by atoms with Gasteiger partial charge in [0.2, 0.25) is 0 Å². The van der Waals surface area contributed by atoms with E-state index < -0.39 is 0 Å². The highest BCUT2D eigenvalue weighted by atomic mass is 16.6. The van der Waals surface area contributed by atoms with Gasteiger partial charge in [-0.25, -0.2) is 0 Å². The predicted molar refractivity (Wildman–Crippen MR) is 102 cm³/mol. The largest absolute Gasteiger partial charge is 0.343 e. The van der Waals surface area contributed by atoms with Crippen molar-refractivity contribution in [2.24, 2.45) is 0 Å². The lowest BCUT2D eigenvalue weighted by Crippen LogP contribution is -2.06. The standard InChI is InChI=1S/C22H18N2O2/c25-24(26)18-11-9-16(10-12-18)22-19-7-2-5-15-4-1-6-17(21(15)19)14-23-13-3-8-20(22)23/h1,3-4,6,8-13H,2,5,7,14H2. The highest BCUT2D eigenvalue weighted by Gasteiger charge is 2.26. The summed E-state index contributed by atoms with van der Waals surface area (Å²) in [7, 11) is 0. The van der Waals surface area contributed by atoms with E-state index in [4.69, 9.17) is 0 Å². The number of nitro benzene ring substituents is 1. The molecule has 0 N–H and O–H groups in total. The van der Waals surface area contributed by atoms with Crippen LogP contribution in [0.25, 0.3) is 11.1 Å². The maximum Gasteiger partial charge on any atom is 0.269 e. The van der Waals surface area contributed by atoms with Crippen LogP contribution in [-0.2, 0) is 13.0 Å². The molecule has 0 bridgehead atoms. The van der Waals surface area contributed by atoms with Crippen LogP contribution in [0.4, 0.5) is 5.69 Å². The smallest absolute Gasteiger partial charge is 0.269 e. The van der Waals surface area contributed by atoms with E-state index in [1.165, 1.54) is 33.5 Å². The molecule has 0 atom stereocenters. The van der Waals surface area contributed by atoms with E-state index in [1.807, 2.05) is 12.1 Å². The normalized spacial score (nSPS) is 15.2. The van der Waals surface area contributed by atoms with Gasteiger partial charge >= 0.3 is 0 Å². The van der Waals surface area contributed by atoms with Crippen LogP contribution < -0.4 is 0 Å². The first-order valence-electron chi connectivity index (χ1n) is 8.97. The fourth-order valence-electron chi connectivity index (χ4n) is 4.40. The molecule has 4 nitrogen and oxygen atoms in total. The van der Waals surface area contributed by atoms with Gasteiger partial charge in [0.1, 0.15) is 0 Å². The van der Waals surface area contributed by atoms with E-state index >= 15 is 0 Å². The topological polar surface area (TPSA) is 48.1 Å². The van der Waals surface area contributed by atoms with Crippen LogP contribution >= 0.6 is 0 Å². The zero-order chi connectivity index (χ0) is 17.7. The zero-order valence-electron chi connectivity index (χ0n) is 14.3. The monoisotopic (exact) mass is 342 g/mol. The van der Waals surface area contributed by atoms with Crippen molar-refractivity contribution < 1.29 is 4.92 Å². The van der Waals surface area contributed by atoms with Crippen molar-refractivity contribution in [3.8, 4) is 0 Å². The Bertz CT molecular complexity index is 1060. The molecule has 0 fully saturated rings. The van der Waals surface area contributed by atoms with Gasteiger partial charge in [0.05, 0.1) is 4.92 Å². The molecule has 0 saturated carbocycles. The summed E-state index contributed by atoms with van der Waals surface area (Å²) in [6.45, 7) is 0.867. The van der Waals surface area contributed by atoms with Gasteiger partial charge in [0.15, 0.2) is 0 Å². The molecule has 0 saturated heterocycles. The fraction of sp³-hybridized carbons (Fsp3) is 0.182. The summed E-state index contributed by atoms with van der Waals surface area (Å²) < 4.78 is 2.29.